The number of halogens is 1. The smallest absolute Gasteiger partial charge is 0.225 e. The van der Waals surface area contributed by atoms with Crippen LogP contribution in [0, 0.1) is 5.92 Å². The Hall–Kier alpha value is -0.820. The summed E-state index contributed by atoms with van der Waals surface area (Å²) in [5.74, 6) is 0.389. The van der Waals surface area contributed by atoms with Crippen molar-refractivity contribution in [3.63, 3.8) is 0 Å². The van der Waals surface area contributed by atoms with E-state index in [-0.39, 0.29) is 11.2 Å². The van der Waals surface area contributed by atoms with Crippen LogP contribution in [0.25, 0.3) is 0 Å². The van der Waals surface area contributed by atoms with Gasteiger partial charge in [-0.3, -0.25) is 4.79 Å². The molecule has 1 saturated carbocycles. The molecule has 0 N–H and O–H groups in total. The fraction of sp³-hybridized carbons (Fsp3) is 0.417. The summed E-state index contributed by atoms with van der Waals surface area (Å²) in [6.45, 7) is 0. The van der Waals surface area contributed by atoms with E-state index in [4.69, 9.17) is 11.6 Å². The lowest BCUT2D eigenvalue weighted by atomic mass is 9.90. The second kappa shape index (κ2) is 4.14. The quantitative estimate of drug-likeness (QED) is 0.682. The van der Waals surface area contributed by atoms with Crippen molar-refractivity contribution in [2.24, 2.45) is 5.92 Å². The number of hydrogen-bond acceptors (Lipinski definition) is 1. The van der Waals surface area contributed by atoms with Crippen molar-refractivity contribution in [1.29, 1.82) is 0 Å². The second-order valence-corrected chi connectivity index (χ2v) is 4.23. The Bertz CT molecular complexity index is 320. The van der Waals surface area contributed by atoms with E-state index < -0.39 is 0 Å². The van der Waals surface area contributed by atoms with Gasteiger partial charge < -0.3 is 0 Å². The molecule has 1 aliphatic carbocycles. The Morgan fingerprint density at radius 3 is 2.57 bits per heavy atom. The maximum Gasteiger partial charge on any atom is 0.225 e. The summed E-state index contributed by atoms with van der Waals surface area (Å²) < 4.78 is 0. The lowest BCUT2D eigenvalue weighted by Gasteiger charge is -2.15. The first kappa shape index (κ1) is 9.72. The summed E-state index contributed by atoms with van der Waals surface area (Å²) >= 11 is 5.59. The van der Waals surface area contributed by atoms with Crippen molar-refractivity contribution in [3.8, 4) is 0 Å². The van der Waals surface area contributed by atoms with Gasteiger partial charge in [0, 0.05) is 5.92 Å². The molecule has 1 nitrogen and oxygen atoms in total. The molecule has 1 aliphatic rings. The molecule has 14 heavy (non-hydrogen) atoms. The molecule has 2 rings (SSSR count). The molecule has 74 valence electrons. The van der Waals surface area contributed by atoms with Crippen LogP contribution < -0.4 is 0 Å². The summed E-state index contributed by atoms with van der Waals surface area (Å²) in [6, 6.07) is 10.2. The van der Waals surface area contributed by atoms with Crippen molar-refractivity contribution in [1.82, 2.24) is 0 Å². The van der Waals surface area contributed by atoms with E-state index in [9.17, 15) is 4.79 Å². The molecule has 0 aromatic heterocycles. The number of rotatable bonds is 2. The normalized spacial score (nSPS) is 26.4. The Balaban J connectivity index is 2.22. The van der Waals surface area contributed by atoms with Crippen LogP contribution in [0.15, 0.2) is 30.3 Å². The largest absolute Gasteiger partial charge is 0.281 e. The fourth-order valence-corrected chi connectivity index (χ4v) is 2.59. The molecule has 0 saturated heterocycles. The minimum atomic E-state index is -0.170. The molecule has 0 amide bonds. The predicted octanol–water partition coefficient (Wildman–Crippen LogP) is 3.34. The molecule has 2 heteroatoms. The highest BCUT2D eigenvalue weighted by Gasteiger charge is 2.32. The standard InChI is InChI=1S/C12H13ClO/c13-12(14)11-8-4-7-10(11)9-5-2-1-3-6-9/h1-3,5-6,10-11H,4,7-8H2/t10-,11-/m1/s1. The molecule has 0 heterocycles. The van der Waals surface area contributed by atoms with E-state index in [0.29, 0.717) is 5.92 Å². The molecule has 0 unspecified atom stereocenters. The van der Waals surface area contributed by atoms with Gasteiger partial charge in [-0.2, -0.15) is 0 Å². The fourth-order valence-electron chi connectivity index (χ4n) is 2.33. The van der Waals surface area contributed by atoms with Crippen LogP contribution in [0.5, 0.6) is 0 Å². The van der Waals surface area contributed by atoms with Gasteiger partial charge in [-0.05, 0) is 35.9 Å². The van der Waals surface area contributed by atoms with E-state index in [2.05, 4.69) is 12.1 Å². The molecule has 1 fully saturated rings. The molecular formula is C12H13ClO. The zero-order valence-electron chi connectivity index (χ0n) is 7.95. The molecule has 1 aromatic carbocycles. The van der Waals surface area contributed by atoms with Crippen LogP contribution in [0.2, 0.25) is 0 Å². The van der Waals surface area contributed by atoms with Gasteiger partial charge in [0.15, 0.2) is 0 Å². The first-order chi connectivity index (χ1) is 6.79. The molecular weight excluding hydrogens is 196 g/mol. The van der Waals surface area contributed by atoms with Gasteiger partial charge in [0.05, 0.1) is 0 Å². The lowest BCUT2D eigenvalue weighted by molar-refractivity contribution is -0.115. The number of carbonyl (C=O) groups is 1. The SMILES string of the molecule is O=C(Cl)[C@@H]1CCC[C@@H]1c1ccccc1. The third kappa shape index (κ3) is 1.83. The second-order valence-electron chi connectivity index (χ2n) is 3.86. The summed E-state index contributed by atoms with van der Waals surface area (Å²) in [5, 5.41) is -0.170. The number of benzene rings is 1. The summed E-state index contributed by atoms with van der Waals surface area (Å²) in [5.41, 5.74) is 1.25. The van der Waals surface area contributed by atoms with Crippen LogP contribution in [-0.4, -0.2) is 5.24 Å². The average Bonchev–Trinajstić information content (AvgIpc) is 2.67. The minimum absolute atomic E-state index is 0.0408. The first-order valence-corrected chi connectivity index (χ1v) is 5.41. The highest BCUT2D eigenvalue weighted by molar-refractivity contribution is 6.64. The van der Waals surface area contributed by atoms with Crippen molar-refractivity contribution >= 4 is 16.8 Å². The number of carbonyl (C=O) groups excluding carboxylic acids is 1. The molecule has 2 atom stereocenters. The van der Waals surface area contributed by atoms with Crippen LogP contribution in [-0.2, 0) is 4.79 Å². The van der Waals surface area contributed by atoms with Crippen molar-refractivity contribution < 1.29 is 4.79 Å². The molecule has 0 spiro atoms. The van der Waals surface area contributed by atoms with E-state index in [1.807, 2.05) is 18.2 Å². The Labute approximate surface area is 89.1 Å². The van der Waals surface area contributed by atoms with Gasteiger partial charge in [0.25, 0.3) is 0 Å². The monoisotopic (exact) mass is 208 g/mol. The molecule has 0 bridgehead atoms. The third-order valence-corrected chi connectivity index (χ3v) is 3.32. The van der Waals surface area contributed by atoms with Crippen LogP contribution in [0.4, 0.5) is 0 Å². The highest BCUT2D eigenvalue weighted by atomic mass is 35.5. The van der Waals surface area contributed by atoms with Gasteiger partial charge in [-0.15, -0.1) is 0 Å². The van der Waals surface area contributed by atoms with Gasteiger partial charge >= 0.3 is 0 Å². The van der Waals surface area contributed by atoms with Crippen LogP contribution in [0.3, 0.4) is 0 Å². The minimum Gasteiger partial charge on any atom is -0.281 e. The van der Waals surface area contributed by atoms with Gasteiger partial charge in [-0.1, -0.05) is 36.8 Å². The van der Waals surface area contributed by atoms with Crippen molar-refractivity contribution in [2.45, 2.75) is 25.2 Å². The zero-order chi connectivity index (χ0) is 9.97. The van der Waals surface area contributed by atoms with Gasteiger partial charge in [0.1, 0.15) is 0 Å². The molecule has 0 aliphatic heterocycles. The van der Waals surface area contributed by atoms with E-state index in [1.165, 1.54) is 5.56 Å². The summed E-state index contributed by atoms with van der Waals surface area (Å²) in [4.78, 5) is 11.2. The van der Waals surface area contributed by atoms with Crippen LogP contribution in [0.1, 0.15) is 30.7 Å². The van der Waals surface area contributed by atoms with Crippen molar-refractivity contribution in [2.75, 3.05) is 0 Å². The Morgan fingerprint density at radius 2 is 1.93 bits per heavy atom. The topological polar surface area (TPSA) is 17.1 Å². The van der Waals surface area contributed by atoms with E-state index in [0.717, 1.165) is 19.3 Å². The number of hydrogen-bond donors (Lipinski definition) is 0. The van der Waals surface area contributed by atoms with Crippen LogP contribution >= 0.6 is 11.6 Å². The summed E-state index contributed by atoms with van der Waals surface area (Å²) in [6.07, 6.45) is 3.15. The zero-order valence-corrected chi connectivity index (χ0v) is 8.70. The summed E-state index contributed by atoms with van der Waals surface area (Å²) in [7, 11) is 0. The molecule has 0 radical (unpaired) electrons. The lowest BCUT2D eigenvalue weighted by Crippen LogP contribution is -2.12. The maximum absolute atomic E-state index is 11.2. The predicted molar refractivity (Wildman–Crippen MR) is 57.4 cm³/mol. The average molecular weight is 209 g/mol. The Morgan fingerprint density at radius 1 is 1.21 bits per heavy atom. The van der Waals surface area contributed by atoms with E-state index >= 15 is 0 Å². The first-order valence-electron chi connectivity index (χ1n) is 5.03. The van der Waals surface area contributed by atoms with E-state index in [1.54, 1.807) is 0 Å². The Kier molecular flexibility index (Phi) is 2.87. The highest BCUT2D eigenvalue weighted by Crippen LogP contribution is 2.40. The molecule has 1 aromatic rings. The van der Waals surface area contributed by atoms with Crippen molar-refractivity contribution in [3.05, 3.63) is 35.9 Å². The maximum atomic E-state index is 11.2. The third-order valence-electron chi connectivity index (χ3n) is 3.04. The van der Waals surface area contributed by atoms with Gasteiger partial charge in [-0.25, -0.2) is 0 Å². The van der Waals surface area contributed by atoms with Gasteiger partial charge in [0.2, 0.25) is 5.24 Å².